The Morgan fingerprint density at radius 2 is 1.68 bits per heavy atom. The molecule has 0 aliphatic carbocycles. The molecular weight excluding hydrogens is 645 g/mol. The van der Waals surface area contributed by atoms with Gasteiger partial charge in [0, 0.05) is 6.92 Å². The van der Waals surface area contributed by atoms with Crippen molar-refractivity contribution < 1.29 is 23.9 Å². The number of aliphatic hydroxyl groups is 1. The number of alkyl halides is 3. The topological polar surface area (TPSA) is 125 Å². The van der Waals surface area contributed by atoms with E-state index in [1.165, 1.54) is 6.92 Å². The molecule has 3 heterocycles. The van der Waals surface area contributed by atoms with Crippen LogP contribution in [-0.4, -0.2) is 83.1 Å². The summed E-state index contributed by atoms with van der Waals surface area (Å²) in [4.78, 5) is 31.4. The van der Waals surface area contributed by atoms with E-state index in [0.717, 1.165) is 10.4 Å². The van der Waals surface area contributed by atoms with Gasteiger partial charge in [0.15, 0.2) is 5.66 Å². The van der Waals surface area contributed by atoms with Gasteiger partial charge in [0.1, 0.15) is 18.2 Å². The normalized spacial score (nSPS) is 26.6. The van der Waals surface area contributed by atoms with Crippen molar-refractivity contribution >= 4 is 71.3 Å². The van der Waals surface area contributed by atoms with Crippen LogP contribution in [0.3, 0.4) is 0 Å². The first kappa shape index (κ1) is 32.6. The van der Waals surface area contributed by atoms with Gasteiger partial charge in [-0.1, -0.05) is 123 Å². The van der Waals surface area contributed by atoms with E-state index in [9.17, 15) is 14.7 Å². The van der Waals surface area contributed by atoms with Crippen LogP contribution in [0.2, 0.25) is 5.04 Å². The van der Waals surface area contributed by atoms with E-state index in [2.05, 4.69) is 67.6 Å². The van der Waals surface area contributed by atoms with E-state index in [1.807, 2.05) is 36.4 Å². The number of aliphatic hydroxyl groups excluding tert-OH is 1. The Kier molecular flexibility index (Phi) is 8.77. The number of nitrogens with one attached hydrogen (secondary N) is 3. The Morgan fingerprint density at radius 1 is 1.11 bits per heavy atom. The molecule has 4 N–H and O–H groups in total. The molecule has 0 aromatic heterocycles. The van der Waals surface area contributed by atoms with Crippen molar-refractivity contribution in [2.24, 2.45) is 4.99 Å². The number of benzene rings is 2. The second kappa shape index (κ2) is 11.8. The van der Waals surface area contributed by atoms with Crippen LogP contribution in [-0.2, 0) is 18.8 Å². The molecule has 0 radical (unpaired) electrons. The zero-order chi connectivity index (χ0) is 32.1. The van der Waals surface area contributed by atoms with Gasteiger partial charge in [-0.2, -0.15) is 0 Å². The number of nitrogens with zero attached hydrogens (tertiary/aromatic N) is 2. The largest absolute Gasteiger partial charge is 0.458 e. The Morgan fingerprint density at radius 3 is 2.18 bits per heavy atom. The molecule has 10 nitrogen and oxygen atoms in total. The lowest BCUT2D eigenvalue weighted by molar-refractivity contribution is -0.151. The molecule has 2 saturated heterocycles. The van der Waals surface area contributed by atoms with Gasteiger partial charge in [0.05, 0.1) is 25.0 Å². The summed E-state index contributed by atoms with van der Waals surface area (Å²) in [7, 11) is -3.00. The molecule has 1 spiro atoms. The van der Waals surface area contributed by atoms with E-state index >= 15 is 0 Å². The number of hydrogen-bond acceptors (Lipinski definition) is 9. The maximum absolute atomic E-state index is 12.9. The number of guanidine groups is 1. The molecule has 2 aromatic carbocycles. The molecule has 44 heavy (non-hydrogen) atoms. The maximum Gasteiger partial charge on any atom is 0.303 e. The van der Waals surface area contributed by atoms with Crippen molar-refractivity contribution in [1.82, 2.24) is 20.9 Å². The summed E-state index contributed by atoms with van der Waals surface area (Å²) in [5, 5.41) is 22.7. The van der Waals surface area contributed by atoms with Gasteiger partial charge >= 0.3 is 5.97 Å². The van der Waals surface area contributed by atoms with Crippen molar-refractivity contribution in [3.8, 4) is 0 Å². The van der Waals surface area contributed by atoms with Crippen LogP contribution in [0.4, 0.5) is 0 Å². The van der Waals surface area contributed by atoms with E-state index in [0.29, 0.717) is 5.82 Å². The minimum absolute atomic E-state index is 0.000460. The van der Waals surface area contributed by atoms with Crippen LogP contribution >= 0.6 is 34.8 Å². The van der Waals surface area contributed by atoms with Gasteiger partial charge in [-0.15, -0.1) is 0 Å². The molecule has 14 heteroatoms. The quantitative estimate of drug-likeness (QED) is 0.208. The highest BCUT2D eigenvalue weighted by molar-refractivity contribution is 6.99. The lowest BCUT2D eigenvalue weighted by Crippen LogP contribution is -2.74. The van der Waals surface area contributed by atoms with E-state index in [4.69, 9.17) is 49.0 Å². The highest BCUT2D eigenvalue weighted by atomic mass is 35.6. The number of carbonyl (C=O) groups excluding carboxylic acids is 2. The number of hydrogen-bond donors (Lipinski definition) is 4. The number of ether oxygens (including phenoxy) is 1. The Bertz CT molecular complexity index is 1410. The van der Waals surface area contributed by atoms with Crippen molar-refractivity contribution in [2.75, 3.05) is 13.2 Å². The van der Waals surface area contributed by atoms with E-state index < -0.39 is 53.9 Å². The molecule has 2 fully saturated rings. The minimum atomic E-state index is -3.00. The summed E-state index contributed by atoms with van der Waals surface area (Å²) in [5.74, 6) is -1.05. The van der Waals surface area contributed by atoms with Gasteiger partial charge < -0.3 is 29.8 Å². The SMILES string of the molecule is C=C1N[C@H]2[C@H](CO[Si](c3ccccc3)(c3ccccc3)C(C)(C)C)N=C(NC(=O)C(Cl)(Cl)Cl)N3C[C@H](OC(C)=O)[C@H](O)C23N1. The third kappa shape index (κ3) is 5.58. The van der Waals surface area contributed by atoms with Crippen LogP contribution in [0.1, 0.15) is 27.7 Å². The molecule has 0 bridgehead atoms. The third-order valence-electron chi connectivity index (χ3n) is 8.38. The van der Waals surface area contributed by atoms with Crippen molar-refractivity contribution in [1.29, 1.82) is 0 Å². The first-order valence-electron chi connectivity index (χ1n) is 14.2. The van der Waals surface area contributed by atoms with Gasteiger partial charge in [-0.25, -0.2) is 4.99 Å². The van der Waals surface area contributed by atoms with Gasteiger partial charge in [-0.3, -0.25) is 14.9 Å². The second-order valence-corrected chi connectivity index (χ2v) is 18.8. The van der Waals surface area contributed by atoms with E-state index in [1.54, 1.807) is 4.90 Å². The van der Waals surface area contributed by atoms with Crippen molar-refractivity contribution in [3.63, 3.8) is 0 Å². The number of aliphatic imine (C=N–C) groups is 1. The Labute approximate surface area is 272 Å². The molecule has 0 saturated carbocycles. The first-order valence-corrected chi connectivity index (χ1v) is 17.2. The fourth-order valence-corrected chi connectivity index (χ4v) is 11.4. The highest BCUT2D eigenvalue weighted by Crippen LogP contribution is 2.42. The fraction of sp³-hybridized carbons (Fsp3) is 0.433. The summed E-state index contributed by atoms with van der Waals surface area (Å²) in [6, 6.07) is 19.0. The number of amides is 1. The lowest BCUT2D eigenvalue weighted by Gasteiger charge is -2.48. The predicted molar refractivity (Wildman–Crippen MR) is 173 cm³/mol. The summed E-state index contributed by atoms with van der Waals surface area (Å²) in [6.07, 6.45) is -2.21. The van der Waals surface area contributed by atoms with Gasteiger partial charge in [0.25, 0.3) is 18.0 Å². The Hall–Kier alpha value is -2.80. The van der Waals surface area contributed by atoms with E-state index in [-0.39, 0.29) is 24.1 Å². The second-order valence-electron chi connectivity index (χ2n) is 12.2. The summed E-state index contributed by atoms with van der Waals surface area (Å²) >= 11 is 17.7. The van der Waals surface area contributed by atoms with Crippen molar-refractivity contribution in [3.05, 3.63) is 73.1 Å². The number of rotatable bonds is 6. The fourth-order valence-electron chi connectivity index (χ4n) is 6.67. The molecule has 5 rings (SSSR count). The molecule has 5 atom stereocenters. The minimum Gasteiger partial charge on any atom is -0.458 e. The average molecular weight is 681 g/mol. The lowest BCUT2D eigenvalue weighted by atomic mass is 9.89. The molecule has 1 unspecified atom stereocenters. The molecule has 3 aliphatic rings. The molecule has 1 amide bonds. The standard InChI is InChI=1S/C30H36Cl3N5O5Si/c1-18-34-24-22(17-42-44(28(3,4)5,20-12-8-6-9-13-20)21-14-10-7-11-15-21)35-27(36-26(41)30(31,32)33)38-16-23(43-19(2)39)25(40)29(24,38)37-18/h6-15,22-25,34,37,40H,1,16-17H2,2-5H3,(H,35,36,41)/t22-,23-,24-,25-,29?/m0/s1. The summed E-state index contributed by atoms with van der Waals surface area (Å²) < 4.78 is 10.4. The predicted octanol–water partition coefficient (Wildman–Crippen LogP) is 2.12. The summed E-state index contributed by atoms with van der Waals surface area (Å²) in [6.45, 7) is 11.9. The molecule has 3 aliphatic heterocycles. The van der Waals surface area contributed by atoms with Gasteiger partial charge in [-0.05, 0) is 15.4 Å². The smallest absolute Gasteiger partial charge is 0.303 e. The average Bonchev–Trinajstić information content (AvgIpc) is 3.44. The number of esters is 1. The third-order valence-corrected chi connectivity index (χ3v) is 13.9. The monoisotopic (exact) mass is 679 g/mol. The van der Waals surface area contributed by atoms with Crippen LogP contribution in [0.5, 0.6) is 0 Å². The first-order chi connectivity index (χ1) is 20.6. The number of carbonyl (C=O) groups is 2. The number of halogens is 3. The zero-order valence-electron chi connectivity index (χ0n) is 24.8. The van der Waals surface area contributed by atoms with Crippen LogP contribution in [0.15, 0.2) is 78.1 Å². The van der Waals surface area contributed by atoms with Crippen LogP contribution in [0, 0.1) is 0 Å². The van der Waals surface area contributed by atoms with Crippen molar-refractivity contribution in [2.45, 2.75) is 66.5 Å². The Balaban J connectivity index is 1.61. The molecule has 2 aromatic rings. The highest BCUT2D eigenvalue weighted by Gasteiger charge is 2.67. The van der Waals surface area contributed by atoms with Gasteiger partial charge in [0.2, 0.25) is 5.96 Å². The molecular formula is C30H36Cl3N5O5Si. The van der Waals surface area contributed by atoms with Crippen LogP contribution < -0.4 is 26.3 Å². The zero-order valence-corrected chi connectivity index (χ0v) is 28.1. The maximum atomic E-state index is 12.9. The van der Waals surface area contributed by atoms with Crippen LogP contribution in [0.25, 0.3) is 0 Å². The molecule has 236 valence electrons. The summed E-state index contributed by atoms with van der Waals surface area (Å²) in [5.41, 5.74) is -1.32.